The molecule has 0 saturated heterocycles. The van der Waals surface area contributed by atoms with Crippen LogP contribution >= 0.6 is 0 Å². The molecule has 0 aromatic heterocycles. The highest BCUT2D eigenvalue weighted by Crippen LogP contribution is 2.64. The molecule has 13 aromatic carbocycles. The highest BCUT2D eigenvalue weighted by molar-refractivity contribution is 6.21. The lowest BCUT2D eigenvalue weighted by Crippen LogP contribution is -2.26. The number of rotatable bonds is 9. The Labute approximate surface area is 525 Å². The Hall–Kier alpha value is -9.82. The van der Waals surface area contributed by atoms with Gasteiger partial charge in [-0.3, -0.25) is 0 Å². The molecule has 0 bridgehead atoms. The summed E-state index contributed by atoms with van der Waals surface area (Å²) in [5, 5.41) is 4.96. The van der Waals surface area contributed by atoms with Crippen LogP contribution in [0.2, 0.25) is 0 Å². The Morgan fingerprint density at radius 3 is 1.24 bits per heavy atom. The van der Waals surface area contributed by atoms with Gasteiger partial charge in [0.1, 0.15) is 0 Å². The smallest absolute Gasteiger partial charge is 0.0725 e. The minimum atomic E-state index is -0.542. The molecule has 16 rings (SSSR count). The summed E-state index contributed by atoms with van der Waals surface area (Å²) in [6, 6.07) is 106. The SMILES string of the molecule is CC(C)(C)CC(c1ccccc1-c1ccc2c(c1)C1(c3ccccc3-2)c2ccccc2-c2ccc(-c3c4ccccc4c(-c4ccc(N(c5ccc(-c6ccccc6)cc5)c5ccc6c(c5)C(C)(C)c5ccccc5-6)cc4)c4ccccc34)cc21)C(C)(C)C. The number of hydrogen-bond donors (Lipinski definition) is 0. The molecule has 1 nitrogen and oxygen atoms in total. The third-order valence-electron chi connectivity index (χ3n) is 20.3. The van der Waals surface area contributed by atoms with Crippen LogP contribution in [0.15, 0.2) is 279 Å². The summed E-state index contributed by atoms with van der Waals surface area (Å²) in [5.74, 6) is 0.372. The van der Waals surface area contributed by atoms with Crippen molar-refractivity contribution in [3.63, 3.8) is 0 Å². The molecule has 2 unspecified atom stereocenters. The molecule has 0 radical (unpaired) electrons. The van der Waals surface area contributed by atoms with Crippen LogP contribution in [0.25, 0.3) is 99.4 Å². The van der Waals surface area contributed by atoms with Crippen molar-refractivity contribution >= 4 is 38.6 Å². The van der Waals surface area contributed by atoms with Gasteiger partial charge in [0.2, 0.25) is 0 Å². The van der Waals surface area contributed by atoms with Gasteiger partial charge in [-0.2, -0.15) is 0 Å². The Balaban J connectivity index is 0.846. The van der Waals surface area contributed by atoms with Gasteiger partial charge in [-0.05, 0) is 210 Å². The summed E-state index contributed by atoms with van der Waals surface area (Å²) in [7, 11) is 0. The zero-order chi connectivity index (χ0) is 60.6. The van der Waals surface area contributed by atoms with Gasteiger partial charge in [-0.15, -0.1) is 0 Å². The highest BCUT2D eigenvalue weighted by atomic mass is 15.1. The lowest BCUT2D eigenvalue weighted by atomic mass is 9.67. The van der Waals surface area contributed by atoms with Crippen molar-refractivity contribution in [2.45, 2.75) is 78.6 Å². The summed E-state index contributed by atoms with van der Waals surface area (Å²) in [4.78, 5) is 2.44. The van der Waals surface area contributed by atoms with E-state index in [2.05, 4.69) is 339 Å². The van der Waals surface area contributed by atoms with Gasteiger partial charge in [-0.25, -0.2) is 0 Å². The first-order valence-electron chi connectivity index (χ1n) is 32.0. The van der Waals surface area contributed by atoms with Crippen LogP contribution in [0.1, 0.15) is 107 Å². The first kappa shape index (κ1) is 54.6. The normalized spacial score (nSPS) is 15.3. The summed E-state index contributed by atoms with van der Waals surface area (Å²) in [6.45, 7) is 19.2. The predicted octanol–water partition coefficient (Wildman–Crippen LogP) is 24.3. The van der Waals surface area contributed by atoms with Crippen LogP contribution in [-0.4, -0.2) is 0 Å². The third-order valence-corrected chi connectivity index (χ3v) is 20.3. The quantitative estimate of drug-likeness (QED) is 0.130. The molecule has 0 fully saturated rings. The topological polar surface area (TPSA) is 3.24 Å². The summed E-state index contributed by atoms with van der Waals surface area (Å²) < 4.78 is 0. The van der Waals surface area contributed by atoms with Gasteiger partial charge in [-0.1, -0.05) is 286 Å². The second kappa shape index (κ2) is 20.4. The predicted molar refractivity (Wildman–Crippen MR) is 378 cm³/mol. The van der Waals surface area contributed by atoms with E-state index in [4.69, 9.17) is 0 Å². The highest BCUT2D eigenvalue weighted by Gasteiger charge is 2.52. The maximum absolute atomic E-state index is 2.59. The molecule has 89 heavy (non-hydrogen) atoms. The summed E-state index contributed by atoms with van der Waals surface area (Å²) >= 11 is 0. The van der Waals surface area contributed by atoms with Crippen LogP contribution in [0.5, 0.6) is 0 Å². The number of benzene rings is 13. The zero-order valence-electron chi connectivity index (χ0n) is 52.3. The lowest BCUT2D eigenvalue weighted by molar-refractivity contribution is 0.229. The van der Waals surface area contributed by atoms with Gasteiger partial charge in [0.25, 0.3) is 0 Å². The van der Waals surface area contributed by atoms with Crippen LogP contribution in [-0.2, 0) is 10.8 Å². The first-order chi connectivity index (χ1) is 43.2. The van der Waals surface area contributed by atoms with E-state index in [-0.39, 0.29) is 16.2 Å². The fraction of sp³-hybridized carbons (Fsp3) is 0.159. The standard InChI is InChI=1S/C88H73N/c1-85(2,3)55-82(86(4,5)6)65-27-13-12-26-64(65)59-42-49-70-67-29-19-22-36-77(67)88(80(70)52-59)78-37-23-20-30-68(78)71-50-43-60(53-81(71)88)84-74-33-16-14-31-72(74)83(73-32-15-17-34-75(73)84)58-40-46-62(47-41-58)89(61-44-38-57(39-45-61)56-24-10-9-11-25-56)63-48-51-69-66-28-18-21-35-76(66)87(7,8)79(69)54-63/h9-54,82H,55H2,1-8H3. The zero-order valence-corrected chi connectivity index (χ0v) is 52.3. The van der Waals surface area contributed by atoms with Crippen molar-refractivity contribution in [1.82, 2.24) is 0 Å². The van der Waals surface area contributed by atoms with Crippen molar-refractivity contribution < 1.29 is 0 Å². The van der Waals surface area contributed by atoms with E-state index >= 15 is 0 Å². The number of fused-ring (bicyclic) bond motifs is 15. The minimum Gasteiger partial charge on any atom is -0.310 e. The van der Waals surface area contributed by atoms with E-state index in [1.54, 1.807) is 0 Å². The van der Waals surface area contributed by atoms with Crippen LogP contribution in [0.4, 0.5) is 17.1 Å². The molecule has 3 aliphatic carbocycles. The second-order valence-electron chi connectivity index (χ2n) is 28.2. The first-order valence-corrected chi connectivity index (χ1v) is 32.0. The van der Waals surface area contributed by atoms with Gasteiger partial charge < -0.3 is 4.90 Å². The lowest BCUT2D eigenvalue weighted by Gasteiger charge is -2.37. The van der Waals surface area contributed by atoms with Gasteiger partial charge >= 0.3 is 0 Å². The average molecular weight is 1140 g/mol. The Bertz CT molecular complexity index is 4900. The van der Waals surface area contributed by atoms with Crippen LogP contribution < -0.4 is 4.90 Å². The van der Waals surface area contributed by atoms with Crippen molar-refractivity contribution in [3.05, 3.63) is 318 Å². The molecular formula is C88H73N. The fourth-order valence-electron chi connectivity index (χ4n) is 16.3. The number of hydrogen-bond acceptors (Lipinski definition) is 1. The maximum atomic E-state index is 2.59. The molecule has 2 atom stereocenters. The van der Waals surface area contributed by atoms with Crippen molar-refractivity contribution in [2.75, 3.05) is 4.90 Å². The van der Waals surface area contributed by atoms with E-state index in [1.165, 1.54) is 138 Å². The Morgan fingerprint density at radius 1 is 0.303 bits per heavy atom. The molecule has 0 N–H and O–H groups in total. The minimum absolute atomic E-state index is 0.0727. The fourth-order valence-corrected chi connectivity index (χ4v) is 16.3. The van der Waals surface area contributed by atoms with Crippen molar-refractivity contribution in [3.8, 4) is 77.9 Å². The molecule has 1 spiro atoms. The monoisotopic (exact) mass is 1140 g/mol. The molecular weight excluding hydrogens is 1070 g/mol. The molecule has 0 amide bonds. The van der Waals surface area contributed by atoms with Crippen molar-refractivity contribution in [2.24, 2.45) is 10.8 Å². The van der Waals surface area contributed by atoms with Gasteiger partial charge in [0, 0.05) is 22.5 Å². The molecule has 430 valence electrons. The van der Waals surface area contributed by atoms with Gasteiger partial charge in [0.15, 0.2) is 0 Å². The van der Waals surface area contributed by atoms with Crippen LogP contribution in [0.3, 0.4) is 0 Å². The Morgan fingerprint density at radius 2 is 0.685 bits per heavy atom. The summed E-state index contributed by atoms with van der Waals surface area (Å²) in [5.41, 5.74) is 30.3. The number of nitrogens with zero attached hydrogens (tertiary/aromatic N) is 1. The van der Waals surface area contributed by atoms with E-state index < -0.39 is 5.41 Å². The van der Waals surface area contributed by atoms with E-state index in [0.29, 0.717) is 5.92 Å². The molecule has 0 heterocycles. The van der Waals surface area contributed by atoms with Crippen molar-refractivity contribution in [1.29, 1.82) is 0 Å². The molecule has 13 aromatic rings. The molecule has 0 aliphatic heterocycles. The molecule has 3 aliphatic rings. The van der Waals surface area contributed by atoms with E-state index in [0.717, 1.165) is 23.5 Å². The summed E-state index contributed by atoms with van der Waals surface area (Å²) in [6.07, 6.45) is 1.10. The average Bonchev–Trinajstić information content (AvgIpc) is 1.54. The third kappa shape index (κ3) is 8.56. The molecule has 0 saturated carbocycles. The van der Waals surface area contributed by atoms with Crippen LogP contribution in [0, 0.1) is 10.8 Å². The van der Waals surface area contributed by atoms with Gasteiger partial charge in [0.05, 0.1) is 5.41 Å². The maximum Gasteiger partial charge on any atom is 0.0725 e. The van der Waals surface area contributed by atoms with E-state index in [1.807, 2.05) is 0 Å². The molecule has 1 heteroatoms. The second-order valence-corrected chi connectivity index (χ2v) is 28.2. The Kier molecular flexibility index (Phi) is 12.5. The number of anilines is 3. The van der Waals surface area contributed by atoms with E-state index in [9.17, 15) is 0 Å². The largest absolute Gasteiger partial charge is 0.310 e.